The average Bonchev–Trinajstić information content (AvgIpc) is 2.45. The van der Waals surface area contributed by atoms with Gasteiger partial charge in [-0.1, -0.05) is 19.9 Å². The van der Waals surface area contributed by atoms with Gasteiger partial charge in [-0.05, 0) is 37.3 Å². The van der Waals surface area contributed by atoms with E-state index in [0.29, 0.717) is 12.5 Å². The first kappa shape index (κ1) is 14.7. The van der Waals surface area contributed by atoms with Gasteiger partial charge in [0.05, 0.1) is 6.61 Å². The number of rotatable bonds is 4. The van der Waals surface area contributed by atoms with E-state index in [2.05, 4.69) is 19.2 Å². The molecule has 1 fully saturated rings. The van der Waals surface area contributed by atoms with Crippen LogP contribution in [0.5, 0.6) is 5.75 Å². The van der Waals surface area contributed by atoms with Gasteiger partial charge in [0.1, 0.15) is 5.75 Å². The van der Waals surface area contributed by atoms with Crippen LogP contribution in [0.25, 0.3) is 0 Å². The van der Waals surface area contributed by atoms with Crippen LogP contribution in [0, 0.1) is 5.92 Å². The van der Waals surface area contributed by atoms with Gasteiger partial charge in [-0.25, -0.2) is 4.79 Å². The molecule has 0 unspecified atom stereocenters. The number of amides is 2. The Bertz CT molecular complexity index is 448. The van der Waals surface area contributed by atoms with Gasteiger partial charge < -0.3 is 15.0 Å². The number of piperidine rings is 1. The van der Waals surface area contributed by atoms with Crippen LogP contribution in [0.3, 0.4) is 0 Å². The molecule has 1 heterocycles. The molecule has 4 heteroatoms. The lowest BCUT2D eigenvalue weighted by Gasteiger charge is -2.30. The molecule has 4 nitrogen and oxygen atoms in total. The Kier molecular flexibility index (Phi) is 5.27. The lowest BCUT2D eigenvalue weighted by molar-refractivity contribution is 0.182. The summed E-state index contributed by atoms with van der Waals surface area (Å²) in [5, 5.41) is 2.96. The van der Waals surface area contributed by atoms with Crippen LogP contribution in [0.1, 0.15) is 33.1 Å². The molecule has 20 heavy (non-hydrogen) atoms. The fraction of sp³-hybridized carbons (Fsp3) is 0.562. The summed E-state index contributed by atoms with van der Waals surface area (Å²) in [7, 11) is 0. The number of likely N-dealkylation sites (tertiary alicyclic amines) is 1. The van der Waals surface area contributed by atoms with Crippen molar-refractivity contribution in [3.05, 3.63) is 24.3 Å². The van der Waals surface area contributed by atoms with E-state index in [0.717, 1.165) is 37.4 Å². The van der Waals surface area contributed by atoms with Crippen LogP contribution in [-0.2, 0) is 0 Å². The Morgan fingerprint density at radius 3 is 3.10 bits per heavy atom. The molecule has 0 aromatic heterocycles. The van der Waals surface area contributed by atoms with Gasteiger partial charge in [0.2, 0.25) is 0 Å². The minimum atomic E-state index is -0.0100. The first-order valence-electron chi connectivity index (χ1n) is 7.48. The number of anilines is 1. The van der Waals surface area contributed by atoms with E-state index in [1.165, 1.54) is 6.42 Å². The molecule has 1 aliphatic rings. The van der Waals surface area contributed by atoms with Gasteiger partial charge in [-0.15, -0.1) is 0 Å². The molecule has 110 valence electrons. The van der Waals surface area contributed by atoms with E-state index in [4.69, 9.17) is 4.74 Å². The molecule has 1 aromatic carbocycles. The maximum Gasteiger partial charge on any atom is 0.321 e. The third-order valence-electron chi connectivity index (χ3n) is 3.50. The minimum Gasteiger partial charge on any atom is -0.494 e. The Balaban J connectivity index is 1.93. The maximum absolute atomic E-state index is 12.2. The summed E-state index contributed by atoms with van der Waals surface area (Å²) >= 11 is 0. The number of carbonyl (C=O) groups excluding carboxylic acids is 1. The summed E-state index contributed by atoms with van der Waals surface area (Å²) in [6.45, 7) is 6.66. The molecule has 2 amide bonds. The number of benzene rings is 1. The Labute approximate surface area is 121 Å². The molecule has 0 saturated carbocycles. The molecule has 1 aromatic rings. The monoisotopic (exact) mass is 276 g/mol. The molecule has 1 atom stereocenters. The molecule has 0 spiro atoms. The first-order valence-corrected chi connectivity index (χ1v) is 7.48. The van der Waals surface area contributed by atoms with Gasteiger partial charge in [-0.2, -0.15) is 0 Å². The van der Waals surface area contributed by atoms with Crippen molar-refractivity contribution in [2.24, 2.45) is 5.92 Å². The normalized spacial score (nSPS) is 18.7. The van der Waals surface area contributed by atoms with Gasteiger partial charge in [-0.3, -0.25) is 0 Å². The van der Waals surface area contributed by atoms with Crippen molar-refractivity contribution in [2.75, 3.05) is 25.0 Å². The second kappa shape index (κ2) is 7.17. The van der Waals surface area contributed by atoms with Crippen LogP contribution in [0.15, 0.2) is 24.3 Å². The number of ether oxygens (including phenoxy) is 1. The van der Waals surface area contributed by atoms with Crippen LogP contribution >= 0.6 is 0 Å². The molecule has 0 radical (unpaired) electrons. The summed E-state index contributed by atoms with van der Waals surface area (Å²) in [5.74, 6) is 1.39. The molecular weight excluding hydrogens is 252 g/mol. The number of hydrogen-bond acceptors (Lipinski definition) is 2. The van der Waals surface area contributed by atoms with Crippen molar-refractivity contribution in [3.8, 4) is 5.75 Å². The van der Waals surface area contributed by atoms with Crippen molar-refractivity contribution < 1.29 is 9.53 Å². The fourth-order valence-electron chi connectivity index (χ4n) is 2.46. The predicted octanol–water partition coefficient (Wildman–Crippen LogP) is 3.74. The topological polar surface area (TPSA) is 41.6 Å². The minimum absolute atomic E-state index is 0.0100. The van der Waals surface area contributed by atoms with Crippen LogP contribution in [0.4, 0.5) is 10.5 Å². The van der Waals surface area contributed by atoms with Crippen molar-refractivity contribution >= 4 is 11.7 Å². The summed E-state index contributed by atoms with van der Waals surface area (Å²) in [6.07, 6.45) is 3.28. The summed E-state index contributed by atoms with van der Waals surface area (Å²) in [6, 6.07) is 7.57. The second-order valence-corrected chi connectivity index (χ2v) is 5.50. The fourth-order valence-corrected chi connectivity index (χ4v) is 2.46. The van der Waals surface area contributed by atoms with E-state index in [1.54, 1.807) is 0 Å². The third kappa shape index (κ3) is 4.15. The average molecular weight is 276 g/mol. The van der Waals surface area contributed by atoms with E-state index in [9.17, 15) is 4.79 Å². The van der Waals surface area contributed by atoms with Crippen LogP contribution in [0.2, 0.25) is 0 Å². The molecule has 0 bridgehead atoms. The quantitative estimate of drug-likeness (QED) is 0.910. The molecule has 2 rings (SSSR count). The van der Waals surface area contributed by atoms with Crippen LogP contribution < -0.4 is 10.1 Å². The Morgan fingerprint density at radius 1 is 1.50 bits per heavy atom. The van der Waals surface area contributed by atoms with Crippen molar-refractivity contribution in [1.29, 1.82) is 0 Å². The first-order chi connectivity index (χ1) is 9.69. The number of nitrogens with one attached hydrogen (secondary N) is 1. The Hall–Kier alpha value is -1.71. The van der Waals surface area contributed by atoms with Crippen LogP contribution in [-0.4, -0.2) is 30.6 Å². The zero-order chi connectivity index (χ0) is 14.4. The molecule has 1 aliphatic heterocycles. The predicted molar refractivity (Wildman–Crippen MR) is 81.2 cm³/mol. The highest BCUT2D eigenvalue weighted by Crippen LogP contribution is 2.20. The zero-order valence-electron chi connectivity index (χ0n) is 12.4. The van der Waals surface area contributed by atoms with Crippen molar-refractivity contribution in [3.63, 3.8) is 0 Å². The van der Waals surface area contributed by atoms with Gasteiger partial charge in [0.15, 0.2) is 0 Å². The van der Waals surface area contributed by atoms with Crippen molar-refractivity contribution in [1.82, 2.24) is 4.90 Å². The van der Waals surface area contributed by atoms with E-state index in [-0.39, 0.29) is 6.03 Å². The largest absolute Gasteiger partial charge is 0.494 e. The standard InChI is InChI=1S/C16H24N2O2/c1-3-10-20-15-8-4-7-14(11-15)17-16(19)18-9-5-6-13(2)12-18/h4,7-8,11,13H,3,5-6,9-10,12H2,1-2H3,(H,17,19)/t13-/m0/s1. The number of urea groups is 1. The third-order valence-corrected chi connectivity index (χ3v) is 3.50. The van der Waals surface area contributed by atoms with Gasteiger partial charge in [0, 0.05) is 24.8 Å². The number of nitrogens with zero attached hydrogens (tertiary/aromatic N) is 1. The summed E-state index contributed by atoms with van der Waals surface area (Å²) in [5.41, 5.74) is 0.793. The van der Waals surface area contributed by atoms with E-state index >= 15 is 0 Å². The molecule has 1 saturated heterocycles. The highest BCUT2D eigenvalue weighted by molar-refractivity contribution is 5.89. The zero-order valence-corrected chi connectivity index (χ0v) is 12.4. The van der Waals surface area contributed by atoms with E-state index < -0.39 is 0 Å². The van der Waals surface area contributed by atoms with Gasteiger partial charge >= 0.3 is 6.03 Å². The molecular formula is C16H24N2O2. The number of hydrogen-bond donors (Lipinski definition) is 1. The number of carbonyl (C=O) groups is 1. The summed E-state index contributed by atoms with van der Waals surface area (Å²) < 4.78 is 5.58. The lowest BCUT2D eigenvalue weighted by Crippen LogP contribution is -2.41. The molecule has 1 N–H and O–H groups in total. The van der Waals surface area contributed by atoms with Gasteiger partial charge in [0.25, 0.3) is 0 Å². The molecule has 0 aliphatic carbocycles. The van der Waals surface area contributed by atoms with E-state index in [1.807, 2.05) is 29.2 Å². The van der Waals surface area contributed by atoms with Crippen molar-refractivity contribution in [2.45, 2.75) is 33.1 Å². The second-order valence-electron chi connectivity index (χ2n) is 5.50. The maximum atomic E-state index is 12.2. The SMILES string of the molecule is CCCOc1cccc(NC(=O)N2CCC[C@H](C)C2)c1. The highest BCUT2D eigenvalue weighted by atomic mass is 16.5. The lowest BCUT2D eigenvalue weighted by atomic mass is 10.0. The highest BCUT2D eigenvalue weighted by Gasteiger charge is 2.20. The summed E-state index contributed by atoms with van der Waals surface area (Å²) in [4.78, 5) is 14.1. The Morgan fingerprint density at radius 2 is 2.35 bits per heavy atom. The smallest absolute Gasteiger partial charge is 0.321 e.